The summed E-state index contributed by atoms with van der Waals surface area (Å²) in [7, 11) is 0. The van der Waals surface area contributed by atoms with Crippen LogP contribution < -0.4 is 20.7 Å². The van der Waals surface area contributed by atoms with E-state index < -0.39 is 23.5 Å². The molecule has 33 heavy (non-hydrogen) atoms. The summed E-state index contributed by atoms with van der Waals surface area (Å²) < 4.78 is 54.3. The fourth-order valence-electron chi connectivity index (χ4n) is 4.26. The predicted molar refractivity (Wildman–Crippen MR) is 116 cm³/mol. The lowest BCUT2D eigenvalue weighted by atomic mass is 10.0. The summed E-state index contributed by atoms with van der Waals surface area (Å²) in [5, 5.41) is 3.17. The third-order valence-electron chi connectivity index (χ3n) is 5.81. The number of H-pyrrole nitrogens is 1. The number of rotatable bonds is 0. The molecule has 0 fully saturated rings. The Kier molecular flexibility index (Phi) is 4.88. The SMILES string of the molecule is O=C1c2cc(C(F)(F)F)ccc2N2CN1c1ccc(=O)[nH]c1CCCNc1cc(F)ccc12. The van der Waals surface area contributed by atoms with Gasteiger partial charge in [-0.25, -0.2) is 4.39 Å². The van der Waals surface area contributed by atoms with Crippen LogP contribution in [0.2, 0.25) is 0 Å². The molecule has 3 aromatic rings. The molecule has 0 saturated carbocycles. The lowest BCUT2D eigenvalue weighted by molar-refractivity contribution is -0.137. The number of fused-ring (bicyclic) bond motifs is 8. The smallest absolute Gasteiger partial charge is 0.383 e. The number of aromatic nitrogens is 1. The van der Waals surface area contributed by atoms with Gasteiger partial charge in [-0.3, -0.25) is 14.5 Å². The first-order valence-corrected chi connectivity index (χ1v) is 10.3. The van der Waals surface area contributed by atoms with Crippen molar-refractivity contribution in [1.29, 1.82) is 0 Å². The summed E-state index contributed by atoms with van der Waals surface area (Å²) in [4.78, 5) is 31.1. The highest BCUT2D eigenvalue weighted by atomic mass is 19.4. The number of anilines is 4. The van der Waals surface area contributed by atoms with E-state index in [0.717, 1.165) is 12.1 Å². The van der Waals surface area contributed by atoms with Crippen LogP contribution in [0.15, 0.2) is 53.3 Å². The third kappa shape index (κ3) is 3.71. The number of carbonyl (C=O) groups is 1. The average molecular weight is 458 g/mol. The van der Waals surface area contributed by atoms with Gasteiger partial charge in [0, 0.05) is 18.3 Å². The minimum absolute atomic E-state index is 0.0312. The van der Waals surface area contributed by atoms with Gasteiger partial charge in [0.2, 0.25) is 5.56 Å². The van der Waals surface area contributed by atoms with Crippen LogP contribution in [-0.4, -0.2) is 24.1 Å². The van der Waals surface area contributed by atoms with Crippen LogP contribution in [-0.2, 0) is 12.6 Å². The summed E-state index contributed by atoms with van der Waals surface area (Å²) in [6.07, 6.45) is -3.66. The largest absolute Gasteiger partial charge is 0.416 e. The monoisotopic (exact) mass is 458 g/mol. The van der Waals surface area contributed by atoms with Gasteiger partial charge in [0.05, 0.1) is 33.9 Å². The Morgan fingerprint density at radius 2 is 1.64 bits per heavy atom. The second-order valence-corrected chi connectivity index (χ2v) is 7.91. The minimum Gasteiger partial charge on any atom is -0.383 e. The van der Waals surface area contributed by atoms with E-state index in [2.05, 4.69) is 10.3 Å². The van der Waals surface area contributed by atoms with E-state index >= 15 is 0 Å². The molecule has 2 N–H and O–H groups in total. The number of aromatic amines is 1. The van der Waals surface area contributed by atoms with Crippen molar-refractivity contribution >= 4 is 28.7 Å². The van der Waals surface area contributed by atoms with Gasteiger partial charge < -0.3 is 15.2 Å². The number of amides is 1. The van der Waals surface area contributed by atoms with Gasteiger partial charge in [-0.05, 0) is 55.3 Å². The molecule has 0 spiro atoms. The summed E-state index contributed by atoms with van der Waals surface area (Å²) in [6, 6.07) is 9.89. The van der Waals surface area contributed by atoms with Crippen LogP contribution in [0.3, 0.4) is 0 Å². The predicted octanol–water partition coefficient (Wildman–Crippen LogP) is 4.65. The molecule has 0 atom stereocenters. The van der Waals surface area contributed by atoms with Gasteiger partial charge in [-0.1, -0.05) is 0 Å². The summed E-state index contributed by atoms with van der Waals surface area (Å²) in [5.41, 5.74) is 0.746. The Morgan fingerprint density at radius 1 is 0.879 bits per heavy atom. The van der Waals surface area contributed by atoms with Crippen molar-refractivity contribution in [2.75, 3.05) is 28.3 Å². The van der Waals surface area contributed by atoms with Gasteiger partial charge in [0.1, 0.15) is 12.5 Å². The number of hydrogen-bond donors (Lipinski definition) is 2. The lowest BCUT2D eigenvalue weighted by Crippen LogP contribution is -2.46. The molecule has 0 aliphatic carbocycles. The molecule has 1 amide bonds. The second-order valence-electron chi connectivity index (χ2n) is 7.91. The molecule has 2 bridgehead atoms. The zero-order chi connectivity index (χ0) is 23.3. The molecule has 3 heterocycles. The molecular weight excluding hydrogens is 440 g/mol. The normalized spacial score (nSPS) is 15.7. The number of nitrogens with one attached hydrogen (secondary N) is 2. The highest BCUT2D eigenvalue weighted by molar-refractivity contribution is 6.13. The molecule has 2 aromatic carbocycles. The summed E-state index contributed by atoms with van der Waals surface area (Å²) >= 11 is 0. The van der Waals surface area contributed by atoms with Crippen LogP contribution >= 0.6 is 0 Å². The molecule has 0 unspecified atom stereocenters. The fraction of sp³-hybridized carbons (Fsp3) is 0.217. The molecule has 0 saturated heterocycles. The number of pyridine rings is 1. The highest BCUT2D eigenvalue weighted by Crippen LogP contribution is 2.42. The Labute approximate surface area is 185 Å². The molecule has 6 nitrogen and oxygen atoms in total. The van der Waals surface area contributed by atoms with Crippen molar-refractivity contribution in [2.45, 2.75) is 19.0 Å². The van der Waals surface area contributed by atoms with E-state index in [9.17, 15) is 27.2 Å². The number of aryl methyl sites for hydroxylation is 1. The van der Waals surface area contributed by atoms with E-state index in [-0.39, 0.29) is 23.5 Å². The Hall–Kier alpha value is -3.82. The quantitative estimate of drug-likeness (QED) is 0.482. The van der Waals surface area contributed by atoms with Crippen LogP contribution in [0.4, 0.5) is 40.3 Å². The van der Waals surface area contributed by atoms with E-state index in [0.29, 0.717) is 42.1 Å². The van der Waals surface area contributed by atoms with Gasteiger partial charge in [-0.2, -0.15) is 13.2 Å². The molecule has 2 aliphatic rings. The maximum atomic E-state index is 14.0. The van der Waals surface area contributed by atoms with Gasteiger partial charge >= 0.3 is 6.18 Å². The number of carbonyl (C=O) groups excluding carboxylic acids is 1. The number of hydrogen-bond acceptors (Lipinski definition) is 4. The zero-order valence-corrected chi connectivity index (χ0v) is 17.2. The highest BCUT2D eigenvalue weighted by Gasteiger charge is 2.37. The summed E-state index contributed by atoms with van der Waals surface area (Å²) in [6.45, 7) is 0.422. The average Bonchev–Trinajstić information content (AvgIpc) is 2.79. The van der Waals surface area contributed by atoms with E-state index in [4.69, 9.17) is 0 Å². The van der Waals surface area contributed by atoms with Crippen molar-refractivity contribution in [3.05, 3.63) is 81.5 Å². The van der Waals surface area contributed by atoms with Crippen molar-refractivity contribution in [3.63, 3.8) is 0 Å². The molecular formula is C23H18F4N4O2. The van der Waals surface area contributed by atoms with Crippen LogP contribution in [0.1, 0.15) is 28.0 Å². The van der Waals surface area contributed by atoms with Crippen molar-refractivity contribution < 1.29 is 22.4 Å². The van der Waals surface area contributed by atoms with Crippen LogP contribution in [0.5, 0.6) is 0 Å². The lowest BCUT2D eigenvalue weighted by Gasteiger charge is -2.39. The Balaban J connectivity index is 1.76. The maximum absolute atomic E-state index is 14.0. The molecule has 170 valence electrons. The maximum Gasteiger partial charge on any atom is 0.416 e. The fourth-order valence-corrected chi connectivity index (χ4v) is 4.26. The number of nitrogens with zero attached hydrogens (tertiary/aromatic N) is 2. The van der Waals surface area contributed by atoms with E-state index in [1.54, 1.807) is 4.90 Å². The first kappa shape index (κ1) is 21.0. The Morgan fingerprint density at radius 3 is 2.42 bits per heavy atom. The van der Waals surface area contributed by atoms with Crippen molar-refractivity contribution in [2.24, 2.45) is 0 Å². The molecule has 0 radical (unpaired) electrons. The molecule has 10 heteroatoms. The number of benzene rings is 2. The number of halogens is 4. The van der Waals surface area contributed by atoms with Gasteiger partial charge in [0.25, 0.3) is 5.91 Å². The van der Waals surface area contributed by atoms with Gasteiger partial charge in [-0.15, -0.1) is 0 Å². The first-order chi connectivity index (χ1) is 15.7. The van der Waals surface area contributed by atoms with E-state index in [1.165, 1.54) is 41.3 Å². The zero-order valence-electron chi connectivity index (χ0n) is 17.2. The topological polar surface area (TPSA) is 68.4 Å². The molecule has 1 aromatic heterocycles. The molecule has 2 aliphatic heterocycles. The van der Waals surface area contributed by atoms with E-state index in [1.807, 2.05) is 0 Å². The standard InChI is InChI=1S/C23H18F4N4O2/c24-14-4-6-20-17(11-14)28-9-1-2-16-19(7-8-21(32)29-16)31-12-30(20)18-5-3-13(23(25,26)27)10-15(18)22(31)33/h3-8,10-11,28H,1-2,9,12H2,(H,29,32). The third-order valence-corrected chi connectivity index (χ3v) is 5.81. The van der Waals surface area contributed by atoms with Crippen LogP contribution in [0.25, 0.3) is 0 Å². The second kappa shape index (κ2) is 7.65. The minimum atomic E-state index is -4.63. The van der Waals surface area contributed by atoms with Crippen molar-refractivity contribution in [3.8, 4) is 0 Å². The van der Waals surface area contributed by atoms with Gasteiger partial charge in [0.15, 0.2) is 0 Å². The molecule has 5 rings (SSSR count). The Bertz CT molecular complexity index is 1320. The first-order valence-electron chi connectivity index (χ1n) is 10.3. The number of alkyl halides is 3. The van der Waals surface area contributed by atoms with Crippen molar-refractivity contribution in [1.82, 2.24) is 4.98 Å². The van der Waals surface area contributed by atoms with Crippen LogP contribution in [0, 0.1) is 5.82 Å². The summed E-state index contributed by atoms with van der Waals surface area (Å²) in [5.74, 6) is -1.09.